The molecular formula is C13H17N3O5. The van der Waals surface area contributed by atoms with Gasteiger partial charge in [-0.15, -0.1) is 0 Å². The molecule has 0 aliphatic carbocycles. The zero-order valence-electron chi connectivity index (χ0n) is 11.4. The predicted octanol–water partition coefficient (Wildman–Crippen LogP) is 0.0119. The van der Waals surface area contributed by atoms with Gasteiger partial charge in [0.2, 0.25) is 5.91 Å². The second kappa shape index (κ2) is 6.78. The summed E-state index contributed by atoms with van der Waals surface area (Å²) < 4.78 is 5.05. The highest BCUT2D eigenvalue weighted by Gasteiger charge is 2.30. The smallest absolute Gasteiger partial charge is 0.315 e. The summed E-state index contributed by atoms with van der Waals surface area (Å²) in [5.74, 6) is -1.08. The summed E-state index contributed by atoms with van der Waals surface area (Å²) in [5.41, 5.74) is 0. The molecule has 1 aliphatic heterocycles. The van der Waals surface area contributed by atoms with Crippen LogP contribution in [-0.2, 0) is 16.1 Å². The van der Waals surface area contributed by atoms with Crippen LogP contribution in [0.4, 0.5) is 4.79 Å². The van der Waals surface area contributed by atoms with Gasteiger partial charge in [0, 0.05) is 13.1 Å². The van der Waals surface area contributed by atoms with E-state index in [1.54, 1.807) is 12.1 Å². The number of hydrogen-bond acceptors (Lipinski definition) is 4. The van der Waals surface area contributed by atoms with Gasteiger partial charge in [-0.05, 0) is 18.6 Å². The third-order valence-electron chi connectivity index (χ3n) is 3.29. The summed E-state index contributed by atoms with van der Waals surface area (Å²) in [7, 11) is 0. The van der Waals surface area contributed by atoms with Crippen LogP contribution in [0.2, 0.25) is 0 Å². The molecule has 1 aromatic heterocycles. The Kier molecular flexibility index (Phi) is 4.81. The van der Waals surface area contributed by atoms with Crippen molar-refractivity contribution >= 4 is 17.9 Å². The third-order valence-corrected chi connectivity index (χ3v) is 3.29. The Morgan fingerprint density at radius 3 is 2.81 bits per heavy atom. The van der Waals surface area contributed by atoms with E-state index in [0.29, 0.717) is 18.7 Å². The molecule has 0 bridgehead atoms. The van der Waals surface area contributed by atoms with Crippen molar-refractivity contribution in [3.8, 4) is 0 Å². The van der Waals surface area contributed by atoms with E-state index in [1.807, 2.05) is 0 Å². The van der Waals surface area contributed by atoms with E-state index in [4.69, 9.17) is 9.52 Å². The van der Waals surface area contributed by atoms with Gasteiger partial charge in [0.25, 0.3) is 0 Å². The van der Waals surface area contributed by atoms with Gasteiger partial charge in [0.1, 0.15) is 5.76 Å². The van der Waals surface area contributed by atoms with Crippen molar-refractivity contribution in [3.05, 3.63) is 24.2 Å². The first-order chi connectivity index (χ1) is 10.1. The van der Waals surface area contributed by atoms with Crippen LogP contribution in [0, 0.1) is 5.92 Å². The number of likely N-dealkylation sites (tertiary alicyclic amines) is 1. The minimum Gasteiger partial charge on any atom is -0.481 e. The zero-order valence-corrected chi connectivity index (χ0v) is 11.4. The van der Waals surface area contributed by atoms with Crippen molar-refractivity contribution in [3.63, 3.8) is 0 Å². The molecule has 3 amide bonds. The van der Waals surface area contributed by atoms with Crippen molar-refractivity contribution in [1.82, 2.24) is 15.5 Å². The lowest BCUT2D eigenvalue weighted by molar-refractivity contribution is -0.141. The van der Waals surface area contributed by atoms with Gasteiger partial charge >= 0.3 is 12.0 Å². The van der Waals surface area contributed by atoms with Crippen molar-refractivity contribution in [2.24, 2.45) is 5.92 Å². The molecule has 1 saturated heterocycles. The normalized spacial score (nSPS) is 17.5. The molecule has 3 N–H and O–H groups in total. The molecular weight excluding hydrogens is 278 g/mol. The highest BCUT2D eigenvalue weighted by atomic mass is 16.4. The van der Waals surface area contributed by atoms with Gasteiger partial charge in [-0.2, -0.15) is 0 Å². The number of carboxylic acid groups (broad SMARTS) is 1. The number of nitrogens with one attached hydrogen (secondary N) is 2. The van der Waals surface area contributed by atoms with Gasteiger partial charge in [0.15, 0.2) is 0 Å². The van der Waals surface area contributed by atoms with Gasteiger partial charge in [-0.1, -0.05) is 0 Å². The number of hydrogen-bond donors (Lipinski definition) is 3. The molecule has 2 rings (SSSR count). The van der Waals surface area contributed by atoms with Gasteiger partial charge < -0.3 is 25.1 Å². The number of furan rings is 1. The second-order valence-electron chi connectivity index (χ2n) is 4.78. The molecule has 21 heavy (non-hydrogen) atoms. The Morgan fingerprint density at radius 2 is 2.19 bits per heavy atom. The average Bonchev–Trinajstić information content (AvgIpc) is 3.12. The maximum Gasteiger partial charge on any atom is 0.315 e. The van der Waals surface area contributed by atoms with Crippen LogP contribution in [0.1, 0.15) is 12.2 Å². The second-order valence-corrected chi connectivity index (χ2v) is 4.78. The quantitative estimate of drug-likeness (QED) is 0.708. The fourth-order valence-electron chi connectivity index (χ4n) is 2.10. The Balaban J connectivity index is 1.67. The van der Waals surface area contributed by atoms with Crippen molar-refractivity contribution < 1.29 is 23.9 Å². The van der Waals surface area contributed by atoms with Crippen LogP contribution in [0.5, 0.6) is 0 Å². The van der Waals surface area contributed by atoms with E-state index >= 15 is 0 Å². The largest absolute Gasteiger partial charge is 0.481 e. The summed E-state index contributed by atoms with van der Waals surface area (Å²) in [4.78, 5) is 35.6. The van der Waals surface area contributed by atoms with E-state index in [-0.39, 0.29) is 25.5 Å². The molecule has 1 fully saturated rings. The summed E-state index contributed by atoms with van der Waals surface area (Å²) in [6.45, 7) is 0.684. The molecule has 0 radical (unpaired) electrons. The van der Waals surface area contributed by atoms with Gasteiger partial charge in [-0.3, -0.25) is 9.59 Å². The maximum atomic E-state index is 11.8. The molecule has 1 atom stereocenters. The van der Waals surface area contributed by atoms with Crippen LogP contribution < -0.4 is 10.6 Å². The van der Waals surface area contributed by atoms with E-state index < -0.39 is 17.9 Å². The van der Waals surface area contributed by atoms with E-state index in [9.17, 15) is 14.4 Å². The number of amides is 3. The van der Waals surface area contributed by atoms with E-state index in [2.05, 4.69) is 10.6 Å². The minimum absolute atomic E-state index is 0.156. The first kappa shape index (κ1) is 14.9. The fraction of sp³-hybridized carbons (Fsp3) is 0.462. The Bertz CT molecular complexity index is 514. The van der Waals surface area contributed by atoms with Crippen LogP contribution in [0.25, 0.3) is 0 Å². The lowest BCUT2D eigenvalue weighted by Gasteiger charge is -2.16. The molecule has 114 valence electrons. The summed E-state index contributed by atoms with van der Waals surface area (Å²) in [6.07, 6.45) is 1.95. The minimum atomic E-state index is -0.894. The molecule has 1 aromatic rings. The highest BCUT2D eigenvalue weighted by molar-refractivity contribution is 5.84. The monoisotopic (exact) mass is 295 g/mol. The van der Waals surface area contributed by atoms with Crippen LogP contribution in [0.15, 0.2) is 22.8 Å². The van der Waals surface area contributed by atoms with Crippen LogP contribution in [0.3, 0.4) is 0 Å². The maximum absolute atomic E-state index is 11.8. The van der Waals surface area contributed by atoms with Crippen molar-refractivity contribution in [2.45, 2.75) is 13.0 Å². The van der Waals surface area contributed by atoms with Gasteiger partial charge in [-0.25, -0.2) is 4.79 Å². The number of nitrogens with zero attached hydrogens (tertiary/aromatic N) is 1. The van der Waals surface area contributed by atoms with Crippen molar-refractivity contribution in [1.29, 1.82) is 0 Å². The Hall–Kier alpha value is -2.51. The lowest BCUT2D eigenvalue weighted by Crippen LogP contribution is -2.43. The average molecular weight is 295 g/mol. The molecule has 2 heterocycles. The topological polar surface area (TPSA) is 112 Å². The number of carboxylic acids is 1. The number of carbonyl (C=O) groups is 3. The number of aliphatic carboxylic acids is 1. The Labute approximate surface area is 121 Å². The molecule has 0 saturated carbocycles. The number of carbonyl (C=O) groups excluding carboxylic acids is 2. The van der Waals surface area contributed by atoms with Gasteiger partial charge in [0.05, 0.1) is 25.3 Å². The zero-order chi connectivity index (χ0) is 15.2. The molecule has 0 aromatic carbocycles. The first-order valence-electron chi connectivity index (χ1n) is 6.61. The fourth-order valence-corrected chi connectivity index (χ4v) is 2.10. The van der Waals surface area contributed by atoms with Crippen LogP contribution in [-0.4, -0.2) is 47.5 Å². The number of rotatable bonds is 5. The molecule has 0 spiro atoms. The third kappa shape index (κ3) is 4.23. The molecule has 1 unspecified atom stereocenters. The Morgan fingerprint density at radius 1 is 1.38 bits per heavy atom. The summed E-state index contributed by atoms with van der Waals surface area (Å²) in [5, 5.41) is 13.8. The molecule has 8 heteroatoms. The number of urea groups is 1. The van der Waals surface area contributed by atoms with E-state index in [1.165, 1.54) is 11.2 Å². The van der Waals surface area contributed by atoms with Crippen LogP contribution >= 0.6 is 0 Å². The predicted molar refractivity (Wildman–Crippen MR) is 71.3 cm³/mol. The van der Waals surface area contributed by atoms with E-state index in [0.717, 1.165) is 0 Å². The highest BCUT2D eigenvalue weighted by Crippen LogP contribution is 2.15. The SMILES string of the molecule is O=C(NCC(=O)N1CCC(C(=O)O)C1)NCc1ccco1. The summed E-state index contributed by atoms with van der Waals surface area (Å²) in [6, 6.07) is 2.96. The molecule has 1 aliphatic rings. The lowest BCUT2D eigenvalue weighted by atomic mass is 10.1. The summed E-state index contributed by atoms with van der Waals surface area (Å²) >= 11 is 0. The standard InChI is InChI=1S/C13H17N3O5/c17-11(16-4-3-9(8-16)12(18)19)7-15-13(20)14-6-10-2-1-5-21-10/h1-2,5,9H,3-4,6-8H2,(H,18,19)(H2,14,15,20). The molecule has 8 nitrogen and oxygen atoms in total. The first-order valence-corrected chi connectivity index (χ1v) is 6.61. The van der Waals surface area contributed by atoms with Crippen molar-refractivity contribution in [2.75, 3.05) is 19.6 Å².